The van der Waals surface area contributed by atoms with Gasteiger partial charge in [0, 0.05) is 126 Å². The molecule has 10 nitrogen and oxygen atoms in total. The van der Waals surface area contributed by atoms with Gasteiger partial charge in [0.1, 0.15) is 5.75 Å². The molecule has 0 N–H and O–H groups in total. The lowest BCUT2D eigenvalue weighted by molar-refractivity contribution is 0.331. The Labute approximate surface area is 669 Å². The first kappa shape index (κ1) is 65.5. The summed E-state index contributed by atoms with van der Waals surface area (Å²) in [7, 11) is 0. The zero-order valence-corrected chi connectivity index (χ0v) is 63.3. The molecule has 0 amide bonds. The van der Waals surface area contributed by atoms with E-state index in [1.165, 1.54) is 69.3 Å². The molecule has 0 atom stereocenters. The van der Waals surface area contributed by atoms with Gasteiger partial charge in [0.15, 0.2) is 23.3 Å². The fourth-order valence-electron chi connectivity index (χ4n) is 18.5. The van der Waals surface area contributed by atoms with Crippen LogP contribution in [0.1, 0.15) is 5.56 Å². The Kier molecular flexibility index (Phi) is 14.8. The molecular formula is C105H65N9OS. The van der Waals surface area contributed by atoms with E-state index < -0.39 is 0 Å². The molecule has 24 rings (SSSR count). The van der Waals surface area contributed by atoms with Crippen LogP contribution in [0.2, 0.25) is 0 Å². The quantitative estimate of drug-likeness (QED) is 0.128. The van der Waals surface area contributed by atoms with E-state index in [0.29, 0.717) is 29.9 Å². The van der Waals surface area contributed by atoms with Gasteiger partial charge in [0.25, 0.3) is 0 Å². The van der Waals surface area contributed by atoms with Gasteiger partial charge in [0.05, 0.1) is 73.2 Å². The number of ether oxygens (including phenoxy) is 1. The summed E-state index contributed by atoms with van der Waals surface area (Å²) in [5.41, 5.74) is 26.3. The molecule has 7 aromatic heterocycles. The van der Waals surface area contributed by atoms with Crippen molar-refractivity contribution in [2.24, 2.45) is 0 Å². The van der Waals surface area contributed by atoms with Crippen LogP contribution in [0.3, 0.4) is 0 Å². The highest BCUT2D eigenvalue weighted by atomic mass is 32.1. The van der Waals surface area contributed by atoms with E-state index in [4.69, 9.17) is 29.7 Å². The molecule has 23 aromatic rings. The summed E-state index contributed by atoms with van der Waals surface area (Å²) in [5, 5.41) is 11.7. The molecule has 11 heteroatoms. The first-order valence-electron chi connectivity index (χ1n) is 39.4. The minimum atomic E-state index is 0.519. The van der Waals surface area contributed by atoms with Crippen LogP contribution in [0, 0.1) is 0 Å². The predicted molar refractivity (Wildman–Crippen MR) is 478 cm³/mol. The Balaban J connectivity index is 0.674. The van der Waals surface area contributed by atoms with Crippen LogP contribution in [-0.4, -0.2) is 49.8 Å². The number of rotatable bonds is 11. The van der Waals surface area contributed by atoms with Crippen molar-refractivity contribution in [3.05, 3.63) is 376 Å². The van der Waals surface area contributed by atoms with Crippen molar-refractivity contribution in [2.45, 2.75) is 6.42 Å². The van der Waals surface area contributed by atoms with Crippen LogP contribution in [0.4, 0.5) is 0 Å². The predicted octanol–water partition coefficient (Wildman–Crippen LogP) is 26.7. The third-order valence-electron chi connectivity index (χ3n) is 23.6. The topological polar surface area (TPSA) is 93.4 Å². The molecule has 0 saturated heterocycles. The molecule has 1 aliphatic rings. The zero-order chi connectivity index (χ0) is 76.1. The standard InChI is InChI=1S/C105H65N9OS/c1-6-27-64(28-7-1)83-61-84(107-102(106-83)66-29-8-2-9-30-66)65-49-51-72(52-50-65)112-85-44-21-16-39-74(85)81-60-82-94(62-92(81)112)116-95-63-93-98(78-41-18-23-46-87(78)113(93)71-37-14-5-15-38-71)96(100(82)95)68-33-26-34-69(59-68)104-108-103(67-31-10-3-11-32-67)109-105(110-104)80-43-20-25-48-89(80)114-88-47-24-19-42-79(88)99-91(114)56-54-76-73-53-55-90-97(75(73)57-58-115-101(76)99)77-40-17-22-45-86(77)111(90)70-35-12-4-13-36-70/h1-56,59-63H,57-58H2. The molecule has 0 radical (unpaired) electrons. The lowest BCUT2D eigenvalue weighted by Gasteiger charge is -2.16. The van der Waals surface area contributed by atoms with Crippen molar-refractivity contribution in [2.75, 3.05) is 6.61 Å². The first-order valence-corrected chi connectivity index (χ1v) is 40.2. The monoisotopic (exact) mass is 1500 g/mol. The van der Waals surface area contributed by atoms with Gasteiger partial charge in [-0.3, -0.25) is 0 Å². The number of nitrogens with zero attached hydrogens (tertiary/aromatic N) is 9. The normalized spacial score (nSPS) is 12.3. The minimum absolute atomic E-state index is 0.519. The van der Waals surface area contributed by atoms with Gasteiger partial charge in [-0.05, 0) is 138 Å². The molecule has 0 fully saturated rings. The van der Waals surface area contributed by atoms with Gasteiger partial charge in [0.2, 0.25) is 0 Å². The van der Waals surface area contributed by atoms with E-state index in [0.717, 1.165) is 146 Å². The number of fused-ring (bicyclic) bond motifs is 20. The molecule has 8 heterocycles. The van der Waals surface area contributed by atoms with Crippen molar-refractivity contribution in [3.63, 3.8) is 0 Å². The van der Waals surface area contributed by atoms with Gasteiger partial charge in [-0.15, -0.1) is 11.3 Å². The van der Waals surface area contributed by atoms with Crippen LogP contribution in [0.25, 0.3) is 220 Å². The van der Waals surface area contributed by atoms with E-state index in [2.05, 4.69) is 358 Å². The molecule has 0 aliphatic carbocycles. The highest BCUT2D eigenvalue weighted by Gasteiger charge is 2.30. The second-order valence-corrected chi connectivity index (χ2v) is 31.1. The largest absolute Gasteiger partial charge is 0.492 e. The summed E-state index contributed by atoms with van der Waals surface area (Å²) in [6.45, 7) is 0.519. The van der Waals surface area contributed by atoms with Gasteiger partial charge in [-0.2, -0.15) is 0 Å². The number of hydrogen-bond acceptors (Lipinski definition) is 7. The number of aromatic nitrogens is 9. The second-order valence-electron chi connectivity index (χ2n) is 30.0. The third kappa shape index (κ3) is 10.2. The first-order chi connectivity index (χ1) is 57.5. The molecule has 0 unspecified atom stereocenters. The van der Waals surface area contributed by atoms with E-state index >= 15 is 0 Å². The zero-order valence-electron chi connectivity index (χ0n) is 62.5. The van der Waals surface area contributed by atoms with Crippen molar-refractivity contribution in [1.82, 2.24) is 43.2 Å². The van der Waals surface area contributed by atoms with E-state index in [-0.39, 0.29) is 0 Å². The van der Waals surface area contributed by atoms with Crippen LogP contribution in [0.15, 0.2) is 370 Å². The van der Waals surface area contributed by atoms with E-state index in [9.17, 15) is 0 Å². The maximum atomic E-state index is 7.17. The average molecular weight is 1500 g/mol. The van der Waals surface area contributed by atoms with Crippen molar-refractivity contribution >= 4 is 119 Å². The fraction of sp³-hybridized carbons (Fsp3) is 0.0190. The number of benzene rings is 16. The number of thiophene rings is 1. The number of para-hydroxylation sites is 7. The molecule has 16 aromatic carbocycles. The SMILES string of the molecule is c1ccc(-c2cc(-c3ccc(-n4c5ccccc5c5cc6c(cc54)sc4cc5c(c(-c7cccc(-c8nc(-c9ccccc9)nc(-c9ccccc9-n9c%10ccccc%10c%10c%11c(ccc%109)-c9ccc%10c(c9CCO%11)c9ccccc9n%10-c9ccccc9)n8)c7)c46)c4ccccc4n5-c4ccccc4)cc3)nc(-c3ccccc3)n2)cc1. The summed E-state index contributed by atoms with van der Waals surface area (Å²) < 4.78 is 19.2. The molecular weight excluding hydrogens is 1440 g/mol. The maximum Gasteiger partial charge on any atom is 0.166 e. The molecule has 0 saturated carbocycles. The van der Waals surface area contributed by atoms with Gasteiger partial charge in [-0.1, -0.05) is 249 Å². The Morgan fingerprint density at radius 1 is 0.250 bits per heavy atom. The van der Waals surface area contributed by atoms with Gasteiger partial charge < -0.3 is 23.0 Å². The molecule has 542 valence electrons. The molecule has 0 spiro atoms. The summed E-state index contributed by atoms with van der Waals surface area (Å²) >= 11 is 1.85. The van der Waals surface area contributed by atoms with Crippen molar-refractivity contribution in [1.29, 1.82) is 0 Å². The summed E-state index contributed by atoms with van der Waals surface area (Å²) in [4.78, 5) is 27.0. The third-order valence-corrected chi connectivity index (χ3v) is 24.7. The van der Waals surface area contributed by atoms with Crippen LogP contribution in [-0.2, 0) is 6.42 Å². The average Bonchev–Trinajstić information content (AvgIpc) is 1.54. The minimum Gasteiger partial charge on any atom is -0.492 e. The summed E-state index contributed by atoms with van der Waals surface area (Å²) in [5.74, 6) is 3.26. The fourth-order valence-corrected chi connectivity index (χ4v) is 19.7. The molecule has 1 aliphatic heterocycles. The Morgan fingerprint density at radius 3 is 1.38 bits per heavy atom. The van der Waals surface area contributed by atoms with Crippen LogP contribution >= 0.6 is 11.3 Å². The highest BCUT2D eigenvalue weighted by molar-refractivity contribution is 7.26. The lowest BCUT2D eigenvalue weighted by Crippen LogP contribution is -2.03. The Morgan fingerprint density at radius 2 is 0.716 bits per heavy atom. The maximum absolute atomic E-state index is 7.17. The van der Waals surface area contributed by atoms with E-state index in [1.54, 1.807) is 0 Å². The Hall–Kier alpha value is -15.2. The van der Waals surface area contributed by atoms with Crippen molar-refractivity contribution in [3.8, 4) is 119 Å². The summed E-state index contributed by atoms with van der Waals surface area (Å²) in [6.07, 6.45) is 0.751. The summed E-state index contributed by atoms with van der Waals surface area (Å²) in [6, 6.07) is 133. The van der Waals surface area contributed by atoms with Crippen LogP contribution < -0.4 is 4.74 Å². The molecule has 116 heavy (non-hydrogen) atoms. The van der Waals surface area contributed by atoms with Gasteiger partial charge >= 0.3 is 0 Å². The van der Waals surface area contributed by atoms with E-state index in [1.807, 2.05) is 41.7 Å². The second kappa shape index (κ2) is 26.2. The smallest absolute Gasteiger partial charge is 0.166 e. The van der Waals surface area contributed by atoms with Crippen molar-refractivity contribution < 1.29 is 4.74 Å². The Bertz CT molecular complexity index is 7900. The number of hydrogen-bond donors (Lipinski definition) is 0. The highest BCUT2D eigenvalue weighted by Crippen LogP contribution is 2.53. The van der Waals surface area contributed by atoms with Gasteiger partial charge in [-0.25, -0.2) is 24.9 Å². The molecule has 0 bridgehead atoms. The lowest BCUT2D eigenvalue weighted by atomic mass is 9.92. The van der Waals surface area contributed by atoms with Crippen LogP contribution in [0.5, 0.6) is 5.75 Å².